The second-order valence-corrected chi connectivity index (χ2v) is 4.68. The van der Waals surface area contributed by atoms with Crippen LogP contribution in [0.2, 0.25) is 0 Å². The van der Waals surface area contributed by atoms with Gasteiger partial charge in [-0.2, -0.15) is 5.10 Å². The number of aliphatic hydroxyl groups is 1. The van der Waals surface area contributed by atoms with Crippen LogP contribution in [0.1, 0.15) is 12.8 Å². The second kappa shape index (κ2) is 4.42. The van der Waals surface area contributed by atoms with E-state index in [1.165, 1.54) is 17.1 Å². The van der Waals surface area contributed by atoms with Gasteiger partial charge in [0.25, 0.3) is 0 Å². The van der Waals surface area contributed by atoms with Gasteiger partial charge in [-0.1, -0.05) is 0 Å². The van der Waals surface area contributed by atoms with Crippen molar-refractivity contribution in [3.63, 3.8) is 0 Å². The van der Waals surface area contributed by atoms with E-state index >= 15 is 0 Å². The number of hydrogen-bond donors (Lipinski definition) is 1. The maximum absolute atomic E-state index is 10.5. The van der Waals surface area contributed by atoms with E-state index < -0.39 is 10.5 Å². The van der Waals surface area contributed by atoms with Crippen molar-refractivity contribution in [2.45, 2.75) is 25.0 Å². The lowest BCUT2D eigenvalue weighted by Crippen LogP contribution is -2.45. The number of aromatic nitrogens is 2. The Morgan fingerprint density at radius 2 is 2.24 bits per heavy atom. The van der Waals surface area contributed by atoms with E-state index in [4.69, 9.17) is 0 Å². The monoisotopic (exact) mass is 240 g/mol. The Kier molecular flexibility index (Phi) is 3.12. The predicted octanol–water partition coefficient (Wildman–Crippen LogP) is 0.248. The van der Waals surface area contributed by atoms with Gasteiger partial charge in [0, 0.05) is 13.1 Å². The van der Waals surface area contributed by atoms with E-state index in [9.17, 15) is 15.2 Å². The average Bonchev–Trinajstić information content (AvgIpc) is 2.71. The van der Waals surface area contributed by atoms with E-state index in [1.807, 2.05) is 7.05 Å². The smallest absolute Gasteiger partial charge is 0.306 e. The molecular weight excluding hydrogens is 224 g/mol. The SMILES string of the molecule is CN1CCC(O)(Cn2cc([N+](=O)[O-])cn2)CC1. The lowest BCUT2D eigenvalue weighted by molar-refractivity contribution is -0.385. The summed E-state index contributed by atoms with van der Waals surface area (Å²) in [5, 5.41) is 24.7. The molecule has 0 spiro atoms. The number of hydrogen-bond acceptors (Lipinski definition) is 5. The number of nitro groups is 1. The third-order valence-corrected chi connectivity index (χ3v) is 3.20. The molecule has 1 aromatic heterocycles. The number of likely N-dealkylation sites (tertiary alicyclic amines) is 1. The third-order valence-electron chi connectivity index (χ3n) is 3.20. The van der Waals surface area contributed by atoms with Crippen molar-refractivity contribution in [2.75, 3.05) is 20.1 Å². The largest absolute Gasteiger partial charge is 0.388 e. The molecule has 0 bridgehead atoms. The van der Waals surface area contributed by atoms with Crippen molar-refractivity contribution in [1.29, 1.82) is 0 Å². The Balaban J connectivity index is 2.02. The zero-order chi connectivity index (χ0) is 12.5. The highest BCUT2D eigenvalue weighted by Crippen LogP contribution is 2.23. The molecule has 94 valence electrons. The van der Waals surface area contributed by atoms with E-state index in [-0.39, 0.29) is 5.69 Å². The van der Waals surface area contributed by atoms with Gasteiger partial charge in [-0.3, -0.25) is 14.8 Å². The summed E-state index contributed by atoms with van der Waals surface area (Å²) in [5.74, 6) is 0. The number of rotatable bonds is 3. The van der Waals surface area contributed by atoms with Gasteiger partial charge in [0.05, 0.1) is 17.1 Å². The van der Waals surface area contributed by atoms with Crippen molar-refractivity contribution < 1.29 is 10.0 Å². The fourth-order valence-electron chi connectivity index (χ4n) is 2.03. The summed E-state index contributed by atoms with van der Waals surface area (Å²) >= 11 is 0. The van der Waals surface area contributed by atoms with Crippen LogP contribution in [-0.4, -0.2) is 50.4 Å². The van der Waals surface area contributed by atoms with E-state index in [0.717, 1.165) is 13.1 Å². The van der Waals surface area contributed by atoms with Crippen LogP contribution in [0.3, 0.4) is 0 Å². The highest BCUT2D eigenvalue weighted by molar-refractivity contribution is 5.20. The zero-order valence-electron chi connectivity index (χ0n) is 9.74. The first kappa shape index (κ1) is 12.0. The van der Waals surface area contributed by atoms with E-state index in [2.05, 4.69) is 10.00 Å². The van der Waals surface area contributed by atoms with Crippen LogP contribution >= 0.6 is 0 Å². The Labute approximate surface area is 98.8 Å². The molecule has 7 nitrogen and oxygen atoms in total. The van der Waals surface area contributed by atoms with Gasteiger partial charge in [-0.25, -0.2) is 0 Å². The molecule has 2 rings (SSSR count). The Morgan fingerprint density at radius 3 is 2.76 bits per heavy atom. The first-order chi connectivity index (χ1) is 7.98. The predicted molar refractivity (Wildman–Crippen MR) is 60.6 cm³/mol. The molecule has 17 heavy (non-hydrogen) atoms. The first-order valence-electron chi connectivity index (χ1n) is 5.56. The molecule has 0 unspecified atom stereocenters. The summed E-state index contributed by atoms with van der Waals surface area (Å²) in [6.45, 7) is 1.98. The van der Waals surface area contributed by atoms with E-state index in [0.29, 0.717) is 19.4 Å². The number of piperidine rings is 1. The molecule has 0 atom stereocenters. The summed E-state index contributed by atoms with van der Waals surface area (Å²) in [5.41, 5.74) is -0.839. The average molecular weight is 240 g/mol. The van der Waals surface area contributed by atoms with Crippen LogP contribution in [0.4, 0.5) is 5.69 Å². The van der Waals surface area contributed by atoms with Crippen molar-refractivity contribution in [2.24, 2.45) is 0 Å². The molecule has 1 aliphatic heterocycles. The molecule has 1 aromatic rings. The molecule has 0 amide bonds. The Morgan fingerprint density at radius 1 is 1.59 bits per heavy atom. The molecule has 0 saturated carbocycles. The standard InChI is InChI=1S/C10H16N4O3/c1-12-4-2-10(15,3-5-12)8-13-7-9(6-11-13)14(16)17/h6-7,15H,2-5,8H2,1H3. The molecule has 0 aromatic carbocycles. The quantitative estimate of drug-likeness (QED) is 0.604. The van der Waals surface area contributed by atoms with Crippen LogP contribution in [0.25, 0.3) is 0 Å². The zero-order valence-corrected chi connectivity index (χ0v) is 9.74. The summed E-state index contributed by atoms with van der Waals surface area (Å²) < 4.78 is 1.45. The summed E-state index contributed by atoms with van der Waals surface area (Å²) in [7, 11) is 2.01. The normalized spacial score (nSPS) is 20.4. The first-order valence-corrected chi connectivity index (χ1v) is 5.56. The molecule has 1 fully saturated rings. The number of nitrogens with zero attached hydrogens (tertiary/aromatic N) is 4. The van der Waals surface area contributed by atoms with Crippen LogP contribution in [-0.2, 0) is 6.54 Å². The van der Waals surface area contributed by atoms with Gasteiger partial charge < -0.3 is 10.0 Å². The van der Waals surface area contributed by atoms with Gasteiger partial charge in [-0.15, -0.1) is 0 Å². The molecule has 1 aliphatic rings. The third kappa shape index (κ3) is 2.80. The molecule has 2 heterocycles. The Hall–Kier alpha value is -1.47. The van der Waals surface area contributed by atoms with Crippen LogP contribution in [0, 0.1) is 10.1 Å². The highest BCUT2D eigenvalue weighted by atomic mass is 16.6. The molecule has 7 heteroatoms. The van der Waals surface area contributed by atoms with Crippen molar-refractivity contribution >= 4 is 5.69 Å². The lowest BCUT2D eigenvalue weighted by atomic mass is 9.92. The minimum Gasteiger partial charge on any atom is -0.388 e. The summed E-state index contributed by atoms with van der Waals surface area (Å²) in [6, 6.07) is 0. The summed E-state index contributed by atoms with van der Waals surface area (Å²) in [6.07, 6.45) is 3.89. The van der Waals surface area contributed by atoms with Crippen molar-refractivity contribution in [1.82, 2.24) is 14.7 Å². The molecular formula is C10H16N4O3. The van der Waals surface area contributed by atoms with Gasteiger partial charge in [0.15, 0.2) is 0 Å². The van der Waals surface area contributed by atoms with Crippen LogP contribution in [0.5, 0.6) is 0 Å². The lowest BCUT2D eigenvalue weighted by Gasteiger charge is -2.36. The van der Waals surface area contributed by atoms with Gasteiger partial charge in [0.2, 0.25) is 0 Å². The van der Waals surface area contributed by atoms with Crippen molar-refractivity contribution in [3.05, 3.63) is 22.5 Å². The van der Waals surface area contributed by atoms with Gasteiger partial charge >= 0.3 is 5.69 Å². The van der Waals surface area contributed by atoms with Crippen LogP contribution < -0.4 is 0 Å². The fraction of sp³-hybridized carbons (Fsp3) is 0.700. The van der Waals surface area contributed by atoms with Crippen molar-refractivity contribution in [3.8, 4) is 0 Å². The topological polar surface area (TPSA) is 84.4 Å². The van der Waals surface area contributed by atoms with E-state index in [1.54, 1.807) is 0 Å². The second-order valence-electron chi connectivity index (χ2n) is 4.68. The van der Waals surface area contributed by atoms with Crippen LogP contribution in [0.15, 0.2) is 12.4 Å². The molecule has 0 aliphatic carbocycles. The minimum atomic E-state index is -0.799. The fourth-order valence-corrected chi connectivity index (χ4v) is 2.03. The molecule has 1 saturated heterocycles. The van der Waals surface area contributed by atoms with Gasteiger partial charge in [0.1, 0.15) is 12.4 Å². The minimum absolute atomic E-state index is 0.0403. The van der Waals surface area contributed by atoms with Gasteiger partial charge in [-0.05, 0) is 19.9 Å². The maximum Gasteiger partial charge on any atom is 0.306 e. The summed E-state index contributed by atoms with van der Waals surface area (Å²) in [4.78, 5) is 12.2. The Bertz CT molecular complexity index is 409. The highest BCUT2D eigenvalue weighted by Gasteiger charge is 2.32. The molecule has 1 N–H and O–H groups in total. The maximum atomic E-state index is 10.5. The molecule has 0 radical (unpaired) electrons.